The van der Waals surface area contributed by atoms with Crippen molar-refractivity contribution in [3.8, 4) is 0 Å². The summed E-state index contributed by atoms with van der Waals surface area (Å²) in [5, 5.41) is 9.69. The van der Waals surface area contributed by atoms with Crippen molar-refractivity contribution >= 4 is 17.5 Å². The molecule has 0 aliphatic heterocycles. The van der Waals surface area contributed by atoms with Gasteiger partial charge in [0, 0.05) is 12.6 Å². The van der Waals surface area contributed by atoms with Gasteiger partial charge in [0.1, 0.15) is 0 Å². The minimum atomic E-state index is -0.275. The highest BCUT2D eigenvalue weighted by Crippen LogP contribution is 2.17. The van der Waals surface area contributed by atoms with Crippen molar-refractivity contribution in [2.75, 3.05) is 11.9 Å². The number of aryl methyl sites for hydroxylation is 4. The third-order valence-corrected chi connectivity index (χ3v) is 3.82. The van der Waals surface area contributed by atoms with Gasteiger partial charge < -0.3 is 10.6 Å². The van der Waals surface area contributed by atoms with Crippen LogP contribution in [0.4, 0.5) is 5.69 Å². The van der Waals surface area contributed by atoms with Gasteiger partial charge in [0.15, 0.2) is 0 Å². The van der Waals surface area contributed by atoms with Gasteiger partial charge in [0.2, 0.25) is 5.91 Å². The fourth-order valence-electron chi connectivity index (χ4n) is 2.37. The third kappa shape index (κ3) is 3.77. The van der Waals surface area contributed by atoms with Crippen molar-refractivity contribution in [3.05, 3.63) is 46.3 Å². The summed E-state index contributed by atoms with van der Waals surface area (Å²) in [6.45, 7) is 7.43. The first-order valence-corrected chi connectivity index (χ1v) is 7.45. The lowest BCUT2D eigenvalue weighted by Gasteiger charge is -2.09. The minimum Gasteiger partial charge on any atom is -0.343 e. The molecule has 1 heterocycles. The molecule has 0 saturated heterocycles. The summed E-state index contributed by atoms with van der Waals surface area (Å²) >= 11 is 0. The smallest absolute Gasteiger partial charge is 0.251 e. The van der Waals surface area contributed by atoms with E-state index in [1.807, 2.05) is 52.9 Å². The van der Waals surface area contributed by atoms with E-state index in [2.05, 4.69) is 15.7 Å². The first-order chi connectivity index (χ1) is 10.8. The first kappa shape index (κ1) is 16.7. The highest BCUT2D eigenvalue weighted by molar-refractivity contribution is 6.00. The highest BCUT2D eigenvalue weighted by Gasteiger charge is 2.14. The Labute approximate surface area is 135 Å². The molecule has 0 aliphatic carbocycles. The van der Waals surface area contributed by atoms with E-state index < -0.39 is 0 Å². The lowest BCUT2D eigenvalue weighted by atomic mass is 10.1. The maximum atomic E-state index is 12.2. The van der Waals surface area contributed by atoms with Crippen molar-refractivity contribution in [2.24, 2.45) is 7.05 Å². The Kier molecular flexibility index (Phi) is 4.83. The lowest BCUT2D eigenvalue weighted by Crippen LogP contribution is -2.33. The van der Waals surface area contributed by atoms with Crippen molar-refractivity contribution in [2.45, 2.75) is 27.7 Å². The van der Waals surface area contributed by atoms with E-state index in [1.54, 1.807) is 4.68 Å². The third-order valence-electron chi connectivity index (χ3n) is 3.82. The number of anilines is 1. The predicted molar refractivity (Wildman–Crippen MR) is 89.6 cm³/mol. The number of carbonyl (C=O) groups is 2. The zero-order chi connectivity index (χ0) is 17.1. The van der Waals surface area contributed by atoms with Crippen LogP contribution >= 0.6 is 0 Å². The van der Waals surface area contributed by atoms with Crippen LogP contribution in [0.1, 0.15) is 32.9 Å². The summed E-state index contributed by atoms with van der Waals surface area (Å²) in [4.78, 5) is 24.3. The maximum Gasteiger partial charge on any atom is 0.251 e. The number of nitrogens with one attached hydrogen (secondary N) is 2. The molecule has 0 radical (unpaired) electrons. The van der Waals surface area contributed by atoms with Crippen molar-refractivity contribution in [1.29, 1.82) is 0 Å². The second-order valence-corrected chi connectivity index (χ2v) is 5.72. The normalized spacial score (nSPS) is 10.5. The van der Waals surface area contributed by atoms with Gasteiger partial charge in [-0.1, -0.05) is 17.7 Å². The molecule has 0 spiro atoms. The molecule has 23 heavy (non-hydrogen) atoms. The molecule has 0 atom stereocenters. The van der Waals surface area contributed by atoms with E-state index in [0.717, 1.165) is 22.5 Å². The Morgan fingerprint density at radius 3 is 2.48 bits per heavy atom. The number of rotatable bonds is 4. The maximum absolute atomic E-state index is 12.2. The number of benzene rings is 1. The average Bonchev–Trinajstić information content (AvgIpc) is 2.73. The van der Waals surface area contributed by atoms with E-state index in [4.69, 9.17) is 0 Å². The molecule has 0 fully saturated rings. The molecule has 0 aliphatic rings. The van der Waals surface area contributed by atoms with Gasteiger partial charge in [-0.15, -0.1) is 0 Å². The van der Waals surface area contributed by atoms with E-state index >= 15 is 0 Å². The van der Waals surface area contributed by atoms with Gasteiger partial charge in [-0.05, 0) is 39.3 Å². The van der Waals surface area contributed by atoms with E-state index in [0.29, 0.717) is 11.3 Å². The summed E-state index contributed by atoms with van der Waals surface area (Å²) in [6, 6.07) is 5.66. The standard InChI is InChI=1S/C17H22N4O2/c1-10-6-7-11(2)14(8-10)17(23)18-9-15(22)19-16-12(3)20-21(5)13(16)4/h6-8H,9H2,1-5H3,(H,18,23)(H,19,22). The zero-order valence-corrected chi connectivity index (χ0v) is 14.2. The fourth-order valence-corrected chi connectivity index (χ4v) is 2.37. The summed E-state index contributed by atoms with van der Waals surface area (Å²) in [5.41, 5.74) is 4.79. The second kappa shape index (κ2) is 6.64. The van der Waals surface area contributed by atoms with Crippen LogP contribution in [0.25, 0.3) is 0 Å². The Bertz CT molecular complexity index is 762. The Morgan fingerprint density at radius 2 is 1.87 bits per heavy atom. The summed E-state index contributed by atoms with van der Waals surface area (Å²) in [6.07, 6.45) is 0. The van der Waals surface area contributed by atoms with E-state index in [9.17, 15) is 9.59 Å². The molecule has 1 aromatic carbocycles. The van der Waals surface area contributed by atoms with E-state index in [1.165, 1.54) is 0 Å². The number of hydrogen-bond donors (Lipinski definition) is 2. The molecular weight excluding hydrogens is 292 g/mol. The zero-order valence-electron chi connectivity index (χ0n) is 14.2. The average molecular weight is 314 g/mol. The van der Waals surface area contributed by atoms with Crippen LogP contribution < -0.4 is 10.6 Å². The summed E-state index contributed by atoms with van der Waals surface area (Å²) < 4.78 is 1.71. The second-order valence-electron chi connectivity index (χ2n) is 5.72. The van der Waals surface area contributed by atoms with Gasteiger partial charge >= 0.3 is 0 Å². The van der Waals surface area contributed by atoms with Crippen LogP contribution in [-0.2, 0) is 11.8 Å². The Hall–Kier alpha value is -2.63. The topological polar surface area (TPSA) is 76.0 Å². The van der Waals surface area contributed by atoms with Crippen LogP contribution in [0.5, 0.6) is 0 Å². The minimum absolute atomic E-state index is 0.0833. The molecule has 2 rings (SSSR count). The van der Waals surface area contributed by atoms with Crippen LogP contribution in [-0.4, -0.2) is 28.1 Å². The van der Waals surface area contributed by atoms with Crippen molar-refractivity contribution < 1.29 is 9.59 Å². The van der Waals surface area contributed by atoms with Crippen molar-refractivity contribution in [1.82, 2.24) is 15.1 Å². The fraction of sp³-hybridized carbons (Fsp3) is 0.353. The molecule has 2 amide bonds. The molecule has 122 valence electrons. The van der Waals surface area contributed by atoms with Crippen LogP contribution in [0.15, 0.2) is 18.2 Å². The van der Waals surface area contributed by atoms with Gasteiger partial charge in [-0.2, -0.15) is 5.10 Å². The highest BCUT2D eigenvalue weighted by atomic mass is 16.2. The quantitative estimate of drug-likeness (QED) is 0.906. The number of aromatic nitrogens is 2. The van der Waals surface area contributed by atoms with Crippen molar-refractivity contribution in [3.63, 3.8) is 0 Å². The van der Waals surface area contributed by atoms with Crippen LogP contribution in [0.2, 0.25) is 0 Å². The Morgan fingerprint density at radius 1 is 1.17 bits per heavy atom. The Balaban J connectivity index is 1.99. The SMILES string of the molecule is Cc1ccc(C)c(C(=O)NCC(=O)Nc2c(C)nn(C)c2C)c1. The lowest BCUT2D eigenvalue weighted by molar-refractivity contribution is -0.115. The van der Waals surface area contributed by atoms with E-state index in [-0.39, 0.29) is 18.4 Å². The number of nitrogens with zero attached hydrogens (tertiary/aromatic N) is 2. The summed E-state index contributed by atoms with van der Waals surface area (Å²) in [5.74, 6) is -0.524. The predicted octanol–water partition coefficient (Wildman–Crippen LogP) is 2.02. The molecule has 1 aromatic heterocycles. The van der Waals surface area contributed by atoms with Gasteiger partial charge in [0.05, 0.1) is 23.6 Å². The molecule has 6 heteroatoms. The number of amides is 2. The molecule has 0 bridgehead atoms. The number of hydrogen-bond acceptors (Lipinski definition) is 3. The monoisotopic (exact) mass is 314 g/mol. The molecule has 2 N–H and O–H groups in total. The molecule has 2 aromatic rings. The van der Waals surface area contributed by atoms with Gasteiger partial charge in [-0.25, -0.2) is 0 Å². The molecule has 6 nitrogen and oxygen atoms in total. The first-order valence-electron chi connectivity index (χ1n) is 7.45. The van der Waals surface area contributed by atoms with Gasteiger partial charge in [-0.3, -0.25) is 14.3 Å². The molecular formula is C17H22N4O2. The summed E-state index contributed by atoms with van der Waals surface area (Å²) in [7, 11) is 1.82. The molecule has 0 unspecified atom stereocenters. The van der Waals surface area contributed by atoms with Crippen LogP contribution in [0, 0.1) is 27.7 Å². The van der Waals surface area contributed by atoms with Gasteiger partial charge in [0.25, 0.3) is 5.91 Å². The number of carbonyl (C=O) groups excluding carboxylic acids is 2. The molecule has 0 saturated carbocycles. The largest absolute Gasteiger partial charge is 0.343 e. The van der Waals surface area contributed by atoms with Crippen LogP contribution in [0.3, 0.4) is 0 Å².